The molecular formula is C20H14N2. The molecule has 2 aromatic heterocycles. The van der Waals surface area contributed by atoms with E-state index in [0.29, 0.717) is 0 Å². The third-order valence-electron chi connectivity index (χ3n) is 4.77. The molecule has 0 aliphatic heterocycles. The predicted molar refractivity (Wildman–Crippen MR) is 90.0 cm³/mol. The number of benzene rings is 2. The lowest BCUT2D eigenvalue weighted by molar-refractivity contribution is 1.23. The zero-order valence-corrected chi connectivity index (χ0v) is 12.3. The number of aromatic nitrogens is 2. The molecule has 0 saturated heterocycles. The number of aryl methyl sites for hydroxylation is 1. The molecule has 0 bridgehead atoms. The standard InChI is InChI=1S/C20H14N2/c1-12-4-2-6-14-16(12)10-17-15-8-7-13-5-3-9-21-19(13)20(15)22-11-18(14)17/h2-9,11H,10H2,1H3. The highest BCUT2D eigenvalue weighted by atomic mass is 14.7. The van der Waals surface area contributed by atoms with E-state index in [-0.39, 0.29) is 0 Å². The first-order valence-electron chi connectivity index (χ1n) is 7.57. The fraction of sp³-hybridized carbons (Fsp3) is 0.100. The van der Waals surface area contributed by atoms with Gasteiger partial charge in [-0.2, -0.15) is 0 Å². The van der Waals surface area contributed by atoms with Crippen molar-refractivity contribution in [2.75, 3.05) is 0 Å². The van der Waals surface area contributed by atoms with Crippen molar-refractivity contribution >= 4 is 21.8 Å². The Morgan fingerprint density at radius 2 is 1.77 bits per heavy atom. The highest BCUT2D eigenvalue weighted by molar-refractivity contribution is 6.06. The molecule has 22 heavy (non-hydrogen) atoms. The normalized spacial score (nSPS) is 12.6. The molecule has 1 aliphatic carbocycles. The largest absolute Gasteiger partial charge is 0.254 e. The van der Waals surface area contributed by atoms with Crippen LogP contribution in [0.3, 0.4) is 0 Å². The summed E-state index contributed by atoms with van der Waals surface area (Å²) in [6.07, 6.45) is 4.86. The van der Waals surface area contributed by atoms with Crippen molar-refractivity contribution in [1.29, 1.82) is 0 Å². The van der Waals surface area contributed by atoms with Crippen LogP contribution in [0, 0.1) is 6.92 Å². The van der Waals surface area contributed by atoms with Crippen LogP contribution in [0.25, 0.3) is 32.9 Å². The fourth-order valence-corrected chi connectivity index (χ4v) is 3.64. The van der Waals surface area contributed by atoms with Crippen LogP contribution in [-0.2, 0) is 6.42 Å². The maximum atomic E-state index is 4.75. The predicted octanol–water partition coefficient (Wildman–Crippen LogP) is 4.66. The maximum Gasteiger partial charge on any atom is 0.0967 e. The van der Waals surface area contributed by atoms with Gasteiger partial charge in [0.2, 0.25) is 0 Å². The Hall–Kier alpha value is -2.74. The average molecular weight is 282 g/mol. The monoisotopic (exact) mass is 282 g/mol. The van der Waals surface area contributed by atoms with E-state index in [1.807, 2.05) is 18.5 Å². The van der Waals surface area contributed by atoms with Crippen LogP contribution in [0.2, 0.25) is 0 Å². The Balaban J connectivity index is 1.89. The maximum absolute atomic E-state index is 4.75. The van der Waals surface area contributed by atoms with Crippen molar-refractivity contribution in [2.45, 2.75) is 13.3 Å². The molecule has 4 aromatic rings. The van der Waals surface area contributed by atoms with Gasteiger partial charge in [-0.3, -0.25) is 9.97 Å². The van der Waals surface area contributed by atoms with Crippen molar-refractivity contribution in [3.05, 3.63) is 71.5 Å². The third kappa shape index (κ3) is 1.44. The summed E-state index contributed by atoms with van der Waals surface area (Å²) >= 11 is 0. The van der Waals surface area contributed by atoms with Gasteiger partial charge in [0.05, 0.1) is 11.0 Å². The first-order chi connectivity index (χ1) is 10.8. The lowest BCUT2D eigenvalue weighted by Crippen LogP contribution is -1.90. The second kappa shape index (κ2) is 4.14. The number of pyridine rings is 2. The van der Waals surface area contributed by atoms with Crippen LogP contribution < -0.4 is 0 Å². The summed E-state index contributed by atoms with van der Waals surface area (Å²) in [6.45, 7) is 2.19. The highest BCUT2D eigenvalue weighted by Gasteiger charge is 2.22. The summed E-state index contributed by atoms with van der Waals surface area (Å²) in [5.41, 5.74) is 8.82. The molecule has 0 amide bonds. The molecule has 0 saturated carbocycles. The van der Waals surface area contributed by atoms with Gasteiger partial charge in [0, 0.05) is 28.7 Å². The summed E-state index contributed by atoms with van der Waals surface area (Å²) in [6, 6.07) is 15.0. The fourth-order valence-electron chi connectivity index (χ4n) is 3.64. The van der Waals surface area contributed by atoms with Crippen molar-refractivity contribution in [1.82, 2.24) is 9.97 Å². The molecule has 2 heteroatoms. The lowest BCUT2D eigenvalue weighted by atomic mass is 10.0. The highest BCUT2D eigenvalue weighted by Crippen LogP contribution is 2.41. The minimum atomic E-state index is 0.995. The third-order valence-corrected chi connectivity index (χ3v) is 4.77. The van der Waals surface area contributed by atoms with E-state index in [0.717, 1.165) is 22.8 Å². The van der Waals surface area contributed by atoms with Crippen molar-refractivity contribution in [2.24, 2.45) is 0 Å². The van der Waals surface area contributed by atoms with E-state index >= 15 is 0 Å². The Labute approximate surface area is 128 Å². The van der Waals surface area contributed by atoms with E-state index in [1.165, 1.54) is 33.2 Å². The van der Waals surface area contributed by atoms with Gasteiger partial charge in [-0.05, 0) is 41.7 Å². The molecule has 0 unspecified atom stereocenters. The zero-order valence-electron chi connectivity index (χ0n) is 12.3. The summed E-state index contributed by atoms with van der Waals surface area (Å²) < 4.78 is 0. The summed E-state index contributed by atoms with van der Waals surface area (Å²) in [5, 5.41) is 2.38. The quantitative estimate of drug-likeness (QED) is 0.386. The van der Waals surface area contributed by atoms with Gasteiger partial charge in [0.25, 0.3) is 0 Å². The molecule has 0 spiro atoms. The summed E-state index contributed by atoms with van der Waals surface area (Å²) in [4.78, 5) is 9.29. The van der Waals surface area contributed by atoms with Crippen LogP contribution in [-0.4, -0.2) is 9.97 Å². The molecule has 2 heterocycles. The van der Waals surface area contributed by atoms with Crippen LogP contribution in [0.4, 0.5) is 0 Å². The molecule has 2 aromatic carbocycles. The SMILES string of the molecule is Cc1cccc2c1Cc1c-2cnc2c1ccc1cccnc12. The van der Waals surface area contributed by atoms with Crippen molar-refractivity contribution < 1.29 is 0 Å². The molecule has 5 rings (SSSR count). The second-order valence-corrected chi connectivity index (χ2v) is 5.97. The Morgan fingerprint density at radius 3 is 2.73 bits per heavy atom. The number of fused-ring (bicyclic) bond motifs is 7. The lowest BCUT2D eigenvalue weighted by Gasteiger charge is -2.07. The number of rotatable bonds is 0. The van der Waals surface area contributed by atoms with E-state index in [9.17, 15) is 0 Å². The van der Waals surface area contributed by atoms with E-state index < -0.39 is 0 Å². The Kier molecular flexibility index (Phi) is 2.23. The summed E-state index contributed by atoms with van der Waals surface area (Å²) in [5.74, 6) is 0. The molecule has 2 nitrogen and oxygen atoms in total. The number of hydrogen-bond donors (Lipinski definition) is 0. The van der Waals surface area contributed by atoms with Crippen LogP contribution in [0.15, 0.2) is 54.9 Å². The average Bonchev–Trinajstić information content (AvgIpc) is 2.95. The zero-order chi connectivity index (χ0) is 14.7. The van der Waals surface area contributed by atoms with Crippen LogP contribution in [0.5, 0.6) is 0 Å². The van der Waals surface area contributed by atoms with Gasteiger partial charge < -0.3 is 0 Å². The number of nitrogens with zero attached hydrogens (tertiary/aromatic N) is 2. The van der Waals surface area contributed by atoms with Gasteiger partial charge >= 0.3 is 0 Å². The van der Waals surface area contributed by atoms with Crippen LogP contribution in [0.1, 0.15) is 16.7 Å². The molecule has 0 radical (unpaired) electrons. The van der Waals surface area contributed by atoms with Crippen LogP contribution >= 0.6 is 0 Å². The number of hydrogen-bond acceptors (Lipinski definition) is 2. The Bertz CT molecular complexity index is 1060. The minimum Gasteiger partial charge on any atom is -0.254 e. The van der Waals surface area contributed by atoms with E-state index in [4.69, 9.17) is 4.98 Å². The van der Waals surface area contributed by atoms with Crippen molar-refractivity contribution in [3.63, 3.8) is 0 Å². The molecule has 0 fully saturated rings. The smallest absolute Gasteiger partial charge is 0.0967 e. The minimum absolute atomic E-state index is 0.995. The molecule has 1 aliphatic rings. The molecule has 104 valence electrons. The second-order valence-electron chi connectivity index (χ2n) is 5.97. The molecule has 0 atom stereocenters. The first-order valence-corrected chi connectivity index (χ1v) is 7.57. The van der Waals surface area contributed by atoms with E-state index in [1.54, 1.807) is 0 Å². The van der Waals surface area contributed by atoms with Crippen molar-refractivity contribution in [3.8, 4) is 11.1 Å². The van der Waals surface area contributed by atoms with Gasteiger partial charge in [0.1, 0.15) is 0 Å². The Morgan fingerprint density at radius 1 is 0.818 bits per heavy atom. The van der Waals surface area contributed by atoms with Gasteiger partial charge in [-0.15, -0.1) is 0 Å². The first kappa shape index (κ1) is 11.9. The van der Waals surface area contributed by atoms with Gasteiger partial charge in [0.15, 0.2) is 0 Å². The van der Waals surface area contributed by atoms with Gasteiger partial charge in [-0.25, -0.2) is 0 Å². The van der Waals surface area contributed by atoms with Gasteiger partial charge in [-0.1, -0.05) is 36.4 Å². The summed E-state index contributed by atoms with van der Waals surface area (Å²) in [7, 11) is 0. The molecular weight excluding hydrogens is 268 g/mol. The van der Waals surface area contributed by atoms with E-state index in [2.05, 4.69) is 48.3 Å². The molecule has 0 N–H and O–H groups in total. The topological polar surface area (TPSA) is 25.8 Å².